The fraction of sp³-hybridized carbons (Fsp3) is 0.667. The highest BCUT2D eigenvalue weighted by Gasteiger charge is 2.11. The molecule has 0 heteroatoms. The molecule has 1 unspecified atom stereocenters. The first-order valence-electron chi connectivity index (χ1n) is 4.71. The van der Waals surface area contributed by atoms with Crippen LogP contribution in [0.5, 0.6) is 0 Å². The van der Waals surface area contributed by atoms with Crippen LogP contribution in [0.15, 0.2) is 23.3 Å². The largest absolute Gasteiger partial charge is 0.0959 e. The normalized spacial score (nSPS) is 15.9. The van der Waals surface area contributed by atoms with Crippen LogP contribution in [0.4, 0.5) is 0 Å². The van der Waals surface area contributed by atoms with Crippen molar-refractivity contribution < 1.29 is 0 Å². The number of hydrogen-bond donors (Lipinski definition) is 0. The molecule has 0 rings (SSSR count). The number of allylic oxidation sites excluding steroid dienone is 3. The second-order valence-electron chi connectivity index (χ2n) is 4.12. The Hall–Kier alpha value is -0.520. The number of rotatable bonds is 3. The highest BCUT2D eigenvalue weighted by molar-refractivity contribution is 5.29. The van der Waals surface area contributed by atoms with Crippen LogP contribution < -0.4 is 0 Å². The van der Waals surface area contributed by atoms with Crippen molar-refractivity contribution in [1.29, 1.82) is 0 Å². The molecule has 0 aliphatic carbocycles. The summed E-state index contributed by atoms with van der Waals surface area (Å²) in [4.78, 5) is 0. The van der Waals surface area contributed by atoms with Crippen LogP contribution in [0.25, 0.3) is 0 Å². The van der Waals surface area contributed by atoms with Gasteiger partial charge in [-0.15, -0.1) is 0 Å². The van der Waals surface area contributed by atoms with Crippen LogP contribution in [0.2, 0.25) is 0 Å². The topological polar surface area (TPSA) is 0 Å². The van der Waals surface area contributed by atoms with Gasteiger partial charge in [0.1, 0.15) is 0 Å². The molecule has 0 nitrogen and oxygen atoms in total. The van der Waals surface area contributed by atoms with E-state index in [9.17, 15) is 0 Å². The van der Waals surface area contributed by atoms with Gasteiger partial charge in [-0.2, -0.15) is 0 Å². The molecule has 0 N–H and O–H groups in total. The standard InChI is InChI=1S/C12H22/c1-8(2)10(5)12(7)11(6)9(3)4/h9,11H,1H2,2-7H3. The minimum Gasteiger partial charge on any atom is -0.0959 e. The lowest BCUT2D eigenvalue weighted by atomic mass is 9.87. The Balaban J connectivity index is 4.66. The van der Waals surface area contributed by atoms with E-state index in [0.29, 0.717) is 5.92 Å². The maximum atomic E-state index is 3.96. The van der Waals surface area contributed by atoms with Gasteiger partial charge in [0.05, 0.1) is 0 Å². The van der Waals surface area contributed by atoms with Gasteiger partial charge >= 0.3 is 0 Å². The van der Waals surface area contributed by atoms with Crippen molar-refractivity contribution in [2.45, 2.75) is 41.5 Å². The fourth-order valence-corrected chi connectivity index (χ4v) is 1.18. The van der Waals surface area contributed by atoms with Crippen molar-refractivity contribution in [2.24, 2.45) is 11.8 Å². The molecule has 1 atom stereocenters. The summed E-state index contributed by atoms with van der Waals surface area (Å²) >= 11 is 0. The van der Waals surface area contributed by atoms with Crippen LogP contribution in [-0.2, 0) is 0 Å². The van der Waals surface area contributed by atoms with E-state index in [1.807, 2.05) is 0 Å². The molecule has 0 aliphatic rings. The first-order chi connectivity index (χ1) is 5.37. The lowest BCUT2D eigenvalue weighted by molar-refractivity contribution is 0.477. The third-order valence-electron chi connectivity index (χ3n) is 2.91. The van der Waals surface area contributed by atoms with Gasteiger partial charge in [0, 0.05) is 0 Å². The Bertz CT molecular complexity index is 194. The molecule has 0 fully saturated rings. The van der Waals surface area contributed by atoms with Crippen LogP contribution >= 0.6 is 0 Å². The zero-order valence-corrected chi connectivity index (χ0v) is 9.36. The Labute approximate surface area is 77.4 Å². The predicted molar refractivity (Wildman–Crippen MR) is 57.2 cm³/mol. The molecule has 0 aliphatic heterocycles. The molecule has 0 spiro atoms. The van der Waals surface area contributed by atoms with E-state index in [1.54, 1.807) is 0 Å². The summed E-state index contributed by atoms with van der Waals surface area (Å²) in [7, 11) is 0. The summed E-state index contributed by atoms with van der Waals surface area (Å²) in [6, 6.07) is 0. The average Bonchev–Trinajstić information content (AvgIpc) is 2.00. The van der Waals surface area contributed by atoms with Crippen molar-refractivity contribution in [3.63, 3.8) is 0 Å². The van der Waals surface area contributed by atoms with Crippen LogP contribution in [-0.4, -0.2) is 0 Å². The van der Waals surface area contributed by atoms with Crippen molar-refractivity contribution >= 4 is 0 Å². The van der Waals surface area contributed by atoms with E-state index in [2.05, 4.69) is 48.1 Å². The van der Waals surface area contributed by atoms with Gasteiger partial charge in [-0.25, -0.2) is 0 Å². The maximum Gasteiger partial charge on any atom is -0.0206 e. The first-order valence-corrected chi connectivity index (χ1v) is 4.71. The molecule has 70 valence electrons. The van der Waals surface area contributed by atoms with Gasteiger partial charge in [-0.3, -0.25) is 0 Å². The second-order valence-corrected chi connectivity index (χ2v) is 4.12. The second kappa shape index (κ2) is 4.49. The quantitative estimate of drug-likeness (QED) is 0.551. The monoisotopic (exact) mass is 166 g/mol. The summed E-state index contributed by atoms with van der Waals surface area (Å²) < 4.78 is 0. The highest BCUT2D eigenvalue weighted by atomic mass is 14.2. The molecule has 0 heterocycles. The van der Waals surface area contributed by atoms with E-state index in [1.165, 1.54) is 16.7 Å². The molecule has 12 heavy (non-hydrogen) atoms. The minimum atomic E-state index is 0.668. The van der Waals surface area contributed by atoms with E-state index < -0.39 is 0 Å². The molecule has 0 saturated heterocycles. The summed E-state index contributed by atoms with van der Waals surface area (Å²) in [5.41, 5.74) is 4.05. The highest BCUT2D eigenvalue weighted by Crippen LogP contribution is 2.24. The van der Waals surface area contributed by atoms with Gasteiger partial charge in [0.15, 0.2) is 0 Å². The molecule has 0 saturated carbocycles. The molecule has 0 aromatic heterocycles. The van der Waals surface area contributed by atoms with E-state index in [4.69, 9.17) is 0 Å². The fourth-order valence-electron chi connectivity index (χ4n) is 1.18. The lowest BCUT2D eigenvalue weighted by Crippen LogP contribution is -2.07. The first kappa shape index (κ1) is 11.5. The van der Waals surface area contributed by atoms with Gasteiger partial charge in [0.25, 0.3) is 0 Å². The molecule has 0 aromatic carbocycles. The summed E-state index contributed by atoms with van der Waals surface area (Å²) in [5.74, 6) is 1.39. The van der Waals surface area contributed by atoms with Crippen LogP contribution in [0.3, 0.4) is 0 Å². The van der Waals surface area contributed by atoms with E-state index in [-0.39, 0.29) is 0 Å². The van der Waals surface area contributed by atoms with E-state index >= 15 is 0 Å². The Morgan fingerprint density at radius 2 is 1.42 bits per heavy atom. The molecule has 0 bridgehead atoms. The smallest absolute Gasteiger partial charge is 0.0206 e. The summed E-state index contributed by atoms with van der Waals surface area (Å²) in [6.07, 6.45) is 0. The molecular formula is C12H22. The Kier molecular flexibility index (Phi) is 4.30. The van der Waals surface area contributed by atoms with Crippen molar-refractivity contribution in [1.82, 2.24) is 0 Å². The predicted octanol–water partition coefficient (Wildman–Crippen LogP) is 4.19. The molecule has 0 aromatic rings. The summed E-state index contributed by atoms with van der Waals surface area (Å²) in [6.45, 7) is 17.2. The van der Waals surface area contributed by atoms with Crippen LogP contribution in [0, 0.1) is 11.8 Å². The lowest BCUT2D eigenvalue weighted by Gasteiger charge is -2.19. The zero-order valence-electron chi connectivity index (χ0n) is 9.36. The van der Waals surface area contributed by atoms with Crippen molar-refractivity contribution in [2.75, 3.05) is 0 Å². The van der Waals surface area contributed by atoms with E-state index in [0.717, 1.165) is 5.92 Å². The zero-order chi connectivity index (χ0) is 9.89. The van der Waals surface area contributed by atoms with Crippen LogP contribution in [0.1, 0.15) is 41.5 Å². The molecule has 0 amide bonds. The van der Waals surface area contributed by atoms with Gasteiger partial charge in [-0.1, -0.05) is 38.5 Å². The van der Waals surface area contributed by atoms with Gasteiger partial charge in [-0.05, 0) is 38.2 Å². The Morgan fingerprint density at radius 1 is 1.00 bits per heavy atom. The van der Waals surface area contributed by atoms with Crippen molar-refractivity contribution in [3.8, 4) is 0 Å². The third kappa shape index (κ3) is 2.84. The molecular weight excluding hydrogens is 144 g/mol. The maximum absolute atomic E-state index is 3.96. The minimum absolute atomic E-state index is 0.668. The van der Waals surface area contributed by atoms with Crippen molar-refractivity contribution in [3.05, 3.63) is 23.3 Å². The van der Waals surface area contributed by atoms with Gasteiger partial charge < -0.3 is 0 Å². The third-order valence-corrected chi connectivity index (χ3v) is 2.91. The SMILES string of the molecule is C=C(C)C(C)=C(C)C(C)C(C)C. The average molecular weight is 166 g/mol. The molecule has 0 radical (unpaired) electrons. The number of hydrogen-bond acceptors (Lipinski definition) is 0. The van der Waals surface area contributed by atoms with Gasteiger partial charge in [0.2, 0.25) is 0 Å². The Morgan fingerprint density at radius 3 is 1.67 bits per heavy atom. The summed E-state index contributed by atoms with van der Waals surface area (Å²) in [5, 5.41) is 0.